The number of piperazine rings is 1. The van der Waals surface area contributed by atoms with Crippen molar-refractivity contribution in [2.75, 3.05) is 52.4 Å². The number of carbonyl (C=O) groups is 1. The number of nitrogens with zero attached hydrogens (tertiary/aromatic N) is 2. The minimum absolute atomic E-state index is 0.165. The van der Waals surface area contributed by atoms with E-state index in [0.29, 0.717) is 6.61 Å². The van der Waals surface area contributed by atoms with Crippen molar-refractivity contribution in [1.29, 1.82) is 0 Å². The van der Waals surface area contributed by atoms with Crippen molar-refractivity contribution in [1.82, 2.24) is 15.1 Å². The van der Waals surface area contributed by atoms with Crippen LogP contribution in [0.25, 0.3) is 0 Å². The molecule has 1 amide bonds. The molecule has 18 heavy (non-hydrogen) atoms. The first-order chi connectivity index (χ1) is 8.77. The van der Waals surface area contributed by atoms with Crippen molar-refractivity contribution >= 4 is 6.09 Å². The Bertz CT molecular complexity index is 228. The molecular weight excluding hydrogens is 230 g/mol. The number of ether oxygens (including phenoxy) is 1. The van der Waals surface area contributed by atoms with Gasteiger partial charge in [0.15, 0.2) is 0 Å². The number of nitrogens with one attached hydrogen (secondary N) is 1. The van der Waals surface area contributed by atoms with Gasteiger partial charge in [-0.2, -0.15) is 0 Å². The van der Waals surface area contributed by atoms with Gasteiger partial charge in [0.05, 0.1) is 6.61 Å². The smallest absolute Gasteiger partial charge is 0.409 e. The summed E-state index contributed by atoms with van der Waals surface area (Å²) in [5, 5.41) is 3.41. The molecule has 1 aliphatic heterocycles. The Morgan fingerprint density at radius 2 is 1.89 bits per heavy atom. The van der Waals surface area contributed by atoms with Crippen molar-refractivity contribution in [3.63, 3.8) is 0 Å². The van der Waals surface area contributed by atoms with Crippen LogP contribution in [0.15, 0.2) is 0 Å². The third-order valence-corrected chi connectivity index (χ3v) is 3.15. The Morgan fingerprint density at radius 1 is 1.17 bits per heavy atom. The first kappa shape index (κ1) is 15.2. The van der Waals surface area contributed by atoms with E-state index < -0.39 is 0 Å². The van der Waals surface area contributed by atoms with Crippen molar-refractivity contribution in [2.45, 2.75) is 26.7 Å². The highest BCUT2D eigenvalue weighted by Gasteiger charge is 2.21. The third kappa shape index (κ3) is 5.69. The molecule has 1 fully saturated rings. The maximum Gasteiger partial charge on any atom is 0.409 e. The number of rotatable bonds is 7. The molecule has 1 rings (SSSR count). The molecule has 1 aliphatic rings. The Kier molecular flexibility index (Phi) is 7.76. The largest absolute Gasteiger partial charge is 0.450 e. The molecule has 5 nitrogen and oxygen atoms in total. The monoisotopic (exact) mass is 257 g/mol. The first-order valence-corrected chi connectivity index (χ1v) is 7.12. The summed E-state index contributed by atoms with van der Waals surface area (Å²) in [6.45, 7) is 11.3. The van der Waals surface area contributed by atoms with Gasteiger partial charge in [0.25, 0.3) is 0 Å². The molecule has 0 unspecified atom stereocenters. The van der Waals surface area contributed by atoms with Crippen LogP contribution in [0.2, 0.25) is 0 Å². The summed E-state index contributed by atoms with van der Waals surface area (Å²) in [6.07, 6.45) is 2.21. The molecule has 0 radical (unpaired) electrons. The van der Waals surface area contributed by atoms with E-state index in [1.54, 1.807) is 4.90 Å². The SMILES string of the molecule is CCCNCCCN1CCN(C(=O)OCC)CC1. The lowest BCUT2D eigenvalue weighted by Gasteiger charge is -2.34. The number of amides is 1. The van der Waals surface area contributed by atoms with Crippen LogP contribution in [0.3, 0.4) is 0 Å². The maximum absolute atomic E-state index is 11.5. The molecule has 1 saturated heterocycles. The molecule has 0 aliphatic carbocycles. The van der Waals surface area contributed by atoms with E-state index in [0.717, 1.165) is 45.8 Å². The zero-order chi connectivity index (χ0) is 13.2. The van der Waals surface area contributed by atoms with Crippen LogP contribution in [-0.4, -0.2) is 68.3 Å². The first-order valence-electron chi connectivity index (χ1n) is 7.12. The van der Waals surface area contributed by atoms with Crippen molar-refractivity contribution in [3.05, 3.63) is 0 Å². The third-order valence-electron chi connectivity index (χ3n) is 3.15. The Labute approximate surface area is 110 Å². The van der Waals surface area contributed by atoms with Crippen LogP contribution < -0.4 is 5.32 Å². The van der Waals surface area contributed by atoms with Crippen LogP contribution in [0, 0.1) is 0 Å². The summed E-state index contributed by atoms with van der Waals surface area (Å²) in [5.74, 6) is 0. The summed E-state index contributed by atoms with van der Waals surface area (Å²) in [4.78, 5) is 15.7. The second kappa shape index (κ2) is 9.16. The summed E-state index contributed by atoms with van der Waals surface area (Å²) in [6, 6.07) is 0. The lowest BCUT2D eigenvalue weighted by Crippen LogP contribution is -2.49. The molecule has 106 valence electrons. The summed E-state index contributed by atoms with van der Waals surface area (Å²) >= 11 is 0. The standard InChI is InChI=1S/C13H27N3O2/c1-3-6-14-7-5-8-15-9-11-16(12-10-15)13(17)18-4-2/h14H,3-12H2,1-2H3. The molecule has 0 bridgehead atoms. The lowest BCUT2D eigenvalue weighted by atomic mass is 10.3. The van der Waals surface area contributed by atoms with Gasteiger partial charge in [0, 0.05) is 26.2 Å². The van der Waals surface area contributed by atoms with Gasteiger partial charge in [-0.05, 0) is 39.4 Å². The van der Waals surface area contributed by atoms with Gasteiger partial charge in [-0.1, -0.05) is 6.92 Å². The Morgan fingerprint density at radius 3 is 2.50 bits per heavy atom. The van der Waals surface area contributed by atoms with E-state index in [1.807, 2.05) is 6.92 Å². The second-order valence-electron chi connectivity index (χ2n) is 4.63. The molecule has 1 heterocycles. The molecular formula is C13H27N3O2. The van der Waals surface area contributed by atoms with Crippen LogP contribution in [-0.2, 0) is 4.74 Å². The minimum atomic E-state index is -0.165. The van der Waals surface area contributed by atoms with E-state index in [-0.39, 0.29) is 6.09 Å². The van der Waals surface area contributed by atoms with E-state index in [4.69, 9.17) is 4.74 Å². The molecule has 5 heteroatoms. The van der Waals surface area contributed by atoms with Gasteiger partial charge < -0.3 is 15.0 Å². The summed E-state index contributed by atoms with van der Waals surface area (Å²) in [5.41, 5.74) is 0. The van der Waals surface area contributed by atoms with Crippen LogP contribution in [0.5, 0.6) is 0 Å². The average Bonchev–Trinajstić information content (AvgIpc) is 2.39. The predicted molar refractivity (Wildman–Crippen MR) is 72.8 cm³/mol. The van der Waals surface area contributed by atoms with Crippen LogP contribution >= 0.6 is 0 Å². The highest BCUT2D eigenvalue weighted by Crippen LogP contribution is 2.04. The molecule has 0 aromatic heterocycles. The van der Waals surface area contributed by atoms with Crippen molar-refractivity contribution in [2.24, 2.45) is 0 Å². The zero-order valence-electron chi connectivity index (χ0n) is 11.8. The molecule has 1 N–H and O–H groups in total. The predicted octanol–water partition coefficient (Wildman–Crippen LogP) is 1.15. The average molecular weight is 257 g/mol. The number of hydrogen-bond acceptors (Lipinski definition) is 4. The highest BCUT2D eigenvalue weighted by molar-refractivity contribution is 5.67. The van der Waals surface area contributed by atoms with Gasteiger partial charge in [0.2, 0.25) is 0 Å². The molecule has 0 spiro atoms. The summed E-state index contributed by atoms with van der Waals surface area (Å²) in [7, 11) is 0. The van der Waals surface area contributed by atoms with E-state index in [9.17, 15) is 4.79 Å². The van der Waals surface area contributed by atoms with E-state index in [2.05, 4.69) is 17.1 Å². The fraction of sp³-hybridized carbons (Fsp3) is 0.923. The van der Waals surface area contributed by atoms with E-state index >= 15 is 0 Å². The normalized spacial score (nSPS) is 16.9. The maximum atomic E-state index is 11.5. The fourth-order valence-corrected chi connectivity index (χ4v) is 2.10. The molecule has 0 aromatic rings. The Hall–Kier alpha value is -0.810. The van der Waals surface area contributed by atoms with Crippen molar-refractivity contribution in [3.8, 4) is 0 Å². The molecule has 0 saturated carbocycles. The fourth-order valence-electron chi connectivity index (χ4n) is 2.10. The topological polar surface area (TPSA) is 44.8 Å². The molecule has 0 aromatic carbocycles. The highest BCUT2D eigenvalue weighted by atomic mass is 16.6. The number of carbonyl (C=O) groups excluding carboxylic acids is 1. The lowest BCUT2D eigenvalue weighted by molar-refractivity contribution is 0.0794. The molecule has 0 atom stereocenters. The number of hydrogen-bond donors (Lipinski definition) is 1. The minimum Gasteiger partial charge on any atom is -0.450 e. The summed E-state index contributed by atoms with van der Waals surface area (Å²) < 4.78 is 5.00. The van der Waals surface area contributed by atoms with Gasteiger partial charge >= 0.3 is 6.09 Å². The Balaban J connectivity index is 2.06. The van der Waals surface area contributed by atoms with Crippen LogP contribution in [0.1, 0.15) is 26.7 Å². The van der Waals surface area contributed by atoms with Gasteiger partial charge in [0.1, 0.15) is 0 Å². The quantitative estimate of drug-likeness (QED) is 0.695. The zero-order valence-corrected chi connectivity index (χ0v) is 11.8. The van der Waals surface area contributed by atoms with Gasteiger partial charge in [-0.25, -0.2) is 4.79 Å². The van der Waals surface area contributed by atoms with Crippen LogP contribution in [0.4, 0.5) is 4.79 Å². The van der Waals surface area contributed by atoms with Gasteiger partial charge in [-0.15, -0.1) is 0 Å². The van der Waals surface area contributed by atoms with Gasteiger partial charge in [-0.3, -0.25) is 4.90 Å². The second-order valence-corrected chi connectivity index (χ2v) is 4.63. The van der Waals surface area contributed by atoms with E-state index in [1.165, 1.54) is 12.8 Å². The van der Waals surface area contributed by atoms with Crippen molar-refractivity contribution < 1.29 is 9.53 Å².